The molecule has 0 aliphatic rings. The molecule has 1 unspecified atom stereocenters. The van der Waals surface area contributed by atoms with Gasteiger partial charge in [0.05, 0.1) is 5.92 Å². The van der Waals surface area contributed by atoms with Gasteiger partial charge in [-0.25, -0.2) is 0 Å². The number of carbonyl (C=O) groups excluding carboxylic acids is 1. The van der Waals surface area contributed by atoms with Crippen LogP contribution < -0.4 is 5.32 Å². The van der Waals surface area contributed by atoms with E-state index in [4.69, 9.17) is 0 Å². The van der Waals surface area contributed by atoms with E-state index in [2.05, 4.69) is 15.5 Å². The van der Waals surface area contributed by atoms with Gasteiger partial charge in [0.1, 0.15) is 5.69 Å². The Labute approximate surface area is 141 Å². The summed E-state index contributed by atoms with van der Waals surface area (Å²) in [6.45, 7) is 6.02. The van der Waals surface area contributed by atoms with Crippen LogP contribution in [0.5, 0.6) is 0 Å². The summed E-state index contributed by atoms with van der Waals surface area (Å²) >= 11 is 0. The lowest BCUT2D eigenvalue weighted by molar-refractivity contribution is -0.141. The molecule has 128 valence electrons. The molecule has 2 aromatic rings. The van der Waals surface area contributed by atoms with Gasteiger partial charge in [0, 0.05) is 12.2 Å². The Morgan fingerprint density at radius 3 is 2.62 bits per heavy atom. The van der Waals surface area contributed by atoms with Gasteiger partial charge in [0.15, 0.2) is 0 Å². The van der Waals surface area contributed by atoms with E-state index in [1.165, 1.54) is 0 Å². The summed E-state index contributed by atoms with van der Waals surface area (Å²) in [6, 6.07) is 9.41. The molecule has 0 spiro atoms. The van der Waals surface area contributed by atoms with Crippen LogP contribution in [0.3, 0.4) is 0 Å². The van der Waals surface area contributed by atoms with Gasteiger partial charge < -0.3 is 10.4 Å². The van der Waals surface area contributed by atoms with Crippen LogP contribution in [-0.2, 0) is 11.2 Å². The lowest BCUT2D eigenvalue weighted by atomic mass is 9.98. The molecule has 0 saturated heterocycles. The van der Waals surface area contributed by atoms with Crippen LogP contribution in [0.4, 0.5) is 0 Å². The molecule has 0 radical (unpaired) electrons. The summed E-state index contributed by atoms with van der Waals surface area (Å²) in [5, 5.41) is 18.8. The zero-order valence-corrected chi connectivity index (χ0v) is 14.2. The SMILES string of the molecule is Cc1cccc(CC(CNC(=O)c2cc(C(C)C)[nH]n2)C(=O)O)c1. The van der Waals surface area contributed by atoms with Crippen molar-refractivity contribution in [2.45, 2.75) is 33.1 Å². The van der Waals surface area contributed by atoms with Crippen molar-refractivity contribution in [3.8, 4) is 0 Å². The highest BCUT2D eigenvalue weighted by atomic mass is 16.4. The Morgan fingerprint density at radius 1 is 1.29 bits per heavy atom. The molecule has 1 aromatic carbocycles. The molecule has 0 fully saturated rings. The molecule has 1 amide bonds. The van der Waals surface area contributed by atoms with Crippen LogP contribution in [0.25, 0.3) is 0 Å². The van der Waals surface area contributed by atoms with E-state index in [0.717, 1.165) is 16.8 Å². The number of amides is 1. The van der Waals surface area contributed by atoms with Crippen LogP contribution in [0.2, 0.25) is 0 Å². The first kappa shape index (κ1) is 17.7. The first-order valence-corrected chi connectivity index (χ1v) is 7.98. The Morgan fingerprint density at radius 2 is 2.04 bits per heavy atom. The molecule has 1 atom stereocenters. The van der Waals surface area contributed by atoms with E-state index in [9.17, 15) is 14.7 Å². The van der Waals surface area contributed by atoms with E-state index in [0.29, 0.717) is 6.42 Å². The Kier molecular flexibility index (Phi) is 5.73. The maximum Gasteiger partial charge on any atom is 0.308 e. The normalized spacial score (nSPS) is 12.2. The summed E-state index contributed by atoms with van der Waals surface area (Å²) in [6.07, 6.45) is 0.370. The van der Waals surface area contributed by atoms with Gasteiger partial charge in [-0.05, 0) is 30.9 Å². The van der Waals surface area contributed by atoms with Gasteiger partial charge in [-0.15, -0.1) is 0 Å². The number of nitrogens with one attached hydrogen (secondary N) is 2. The fraction of sp³-hybridized carbons (Fsp3) is 0.389. The quantitative estimate of drug-likeness (QED) is 0.727. The Balaban J connectivity index is 1.97. The number of benzene rings is 1. The van der Waals surface area contributed by atoms with Gasteiger partial charge in [-0.2, -0.15) is 5.10 Å². The summed E-state index contributed by atoms with van der Waals surface area (Å²) < 4.78 is 0. The molecule has 0 aliphatic carbocycles. The van der Waals surface area contributed by atoms with Gasteiger partial charge in [-0.1, -0.05) is 43.7 Å². The van der Waals surface area contributed by atoms with Crippen LogP contribution in [-0.4, -0.2) is 33.7 Å². The number of carboxylic acid groups (broad SMARTS) is 1. The number of hydrogen-bond acceptors (Lipinski definition) is 3. The summed E-state index contributed by atoms with van der Waals surface area (Å²) in [5.41, 5.74) is 3.17. The number of aromatic nitrogens is 2. The minimum absolute atomic E-state index is 0.0615. The highest BCUT2D eigenvalue weighted by molar-refractivity contribution is 5.92. The lowest BCUT2D eigenvalue weighted by Crippen LogP contribution is -2.34. The molecular weight excluding hydrogens is 306 g/mol. The van der Waals surface area contributed by atoms with Crippen molar-refractivity contribution >= 4 is 11.9 Å². The fourth-order valence-corrected chi connectivity index (χ4v) is 2.43. The van der Waals surface area contributed by atoms with Gasteiger partial charge in [0.2, 0.25) is 0 Å². The van der Waals surface area contributed by atoms with Crippen molar-refractivity contribution in [2.24, 2.45) is 5.92 Å². The van der Waals surface area contributed by atoms with Crippen molar-refractivity contribution < 1.29 is 14.7 Å². The van der Waals surface area contributed by atoms with E-state index in [1.807, 2.05) is 45.0 Å². The second kappa shape index (κ2) is 7.77. The monoisotopic (exact) mass is 329 g/mol. The van der Waals surface area contributed by atoms with E-state index in [-0.39, 0.29) is 24.1 Å². The molecule has 0 aliphatic heterocycles. The zero-order chi connectivity index (χ0) is 17.7. The zero-order valence-electron chi connectivity index (χ0n) is 14.2. The minimum atomic E-state index is -0.929. The molecule has 1 aromatic heterocycles. The van der Waals surface area contributed by atoms with E-state index in [1.54, 1.807) is 6.07 Å². The summed E-state index contributed by atoms with van der Waals surface area (Å²) in [5.74, 6) is -1.73. The van der Waals surface area contributed by atoms with Crippen molar-refractivity contribution in [2.75, 3.05) is 6.54 Å². The van der Waals surface area contributed by atoms with Crippen molar-refractivity contribution in [3.05, 3.63) is 52.8 Å². The van der Waals surface area contributed by atoms with Crippen LogP contribution >= 0.6 is 0 Å². The lowest BCUT2D eigenvalue weighted by Gasteiger charge is -2.13. The predicted octanol–water partition coefficient (Wildman–Crippen LogP) is 2.51. The number of H-pyrrole nitrogens is 1. The largest absolute Gasteiger partial charge is 0.481 e. The standard InChI is InChI=1S/C18H23N3O3/c1-11(2)15-9-16(21-20-15)17(22)19-10-14(18(23)24)8-13-6-4-5-12(3)7-13/h4-7,9,11,14H,8,10H2,1-3H3,(H,19,22)(H,20,21)(H,23,24). The van der Waals surface area contributed by atoms with Crippen LogP contribution in [0.15, 0.2) is 30.3 Å². The first-order chi connectivity index (χ1) is 11.4. The molecule has 0 bridgehead atoms. The molecule has 3 N–H and O–H groups in total. The number of rotatable bonds is 7. The smallest absolute Gasteiger partial charge is 0.308 e. The average molecular weight is 329 g/mol. The molecule has 6 nitrogen and oxygen atoms in total. The minimum Gasteiger partial charge on any atom is -0.481 e. The Bertz CT molecular complexity index is 722. The number of carbonyl (C=O) groups is 2. The van der Waals surface area contributed by atoms with Gasteiger partial charge >= 0.3 is 5.97 Å². The van der Waals surface area contributed by atoms with Crippen molar-refractivity contribution in [1.29, 1.82) is 0 Å². The maximum absolute atomic E-state index is 12.1. The molecular formula is C18H23N3O3. The van der Waals surface area contributed by atoms with Gasteiger partial charge in [0.25, 0.3) is 5.91 Å². The number of aliphatic carboxylic acids is 1. The fourth-order valence-electron chi connectivity index (χ4n) is 2.43. The third-order valence-corrected chi connectivity index (χ3v) is 3.88. The highest BCUT2D eigenvalue weighted by Crippen LogP contribution is 2.13. The third-order valence-electron chi connectivity index (χ3n) is 3.88. The second-order valence-corrected chi connectivity index (χ2v) is 6.30. The maximum atomic E-state index is 12.1. The molecule has 1 heterocycles. The van der Waals surface area contributed by atoms with Gasteiger partial charge in [-0.3, -0.25) is 14.7 Å². The second-order valence-electron chi connectivity index (χ2n) is 6.30. The third kappa shape index (κ3) is 4.68. The topological polar surface area (TPSA) is 95.1 Å². The highest BCUT2D eigenvalue weighted by Gasteiger charge is 2.20. The summed E-state index contributed by atoms with van der Waals surface area (Å²) in [7, 11) is 0. The van der Waals surface area contributed by atoms with Crippen LogP contribution in [0.1, 0.15) is 47.1 Å². The molecule has 6 heteroatoms. The van der Waals surface area contributed by atoms with E-state index >= 15 is 0 Å². The average Bonchev–Trinajstić information content (AvgIpc) is 3.01. The van der Waals surface area contributed by atoms with Crippen LogP contribution in [0, 0.1) is 12.8 Å². The predicted molar refractivity (Wildman–Crippen MR) is 91.0 cm³/mol. The molecule has 0 saturated carbocycles. The summed E-state index contributed by atoms with van der Waals surface area (Å²) in [4.78, 5) is 23.6. The first-order valence-electron chi connectivity index (χ1n) is 7.98. The molecule has 2 rings (SSSR count). The van der Waals surface area contributed by atoms with E-state index < -0.39 is 11.9 Å². The Hall–Kier alpha value is -2.63. The number of aromatic amines is 1. The van der Waals surface area contributed by atoms with Crippen molar-refractivity contribution in [1.82, 2.24) is 15.5 Å². The number of carboxylic acids is 1. The van der Waals surface area contributed by atoms with Crippen molar-refractivity contribution in [3.63, 3.8) is 0 Å². The molecule has 24 heavy (non-hydrogen) atoms. The number of aryl methyl sites for hydroxylation is 1. The number of hydrogen-bond donors (Lipinski definition) is 3. The number of nitrogens with zero attached hydrogens (tertiary/aromatic N) is 1.